The third-order valence-electron chi connectivity index (χ3n) is 4.79. The molecule has 4 N–H and O–H groups in total. The van der Waals surface area contributed by atoms with Gasteiger partial charge in [-0.3, -0.25) is 0 Å². The van der Waals surface area contributed by atoms with E-state index in [0.29, 0.717) is 24.5 Å². The second-order valence-corrected chi connectivity index (χ2v) is 6.36. The first-order valence-electron chi connectivity index (χ1n) is 8.09. The van der Waals surface area contributed by atoms with Gasteiger partial charge in [0.05, 0.1) is 6.10 Å². The lowest BCUT2D eigenvalue weighted by atomic mass is 9.88. The van der Waals surface area contributed by atoms with Crippen molar-refractivity contribution in [2.75, 3.05) is 26.2 Å². The van der Waals surface area contributed by atoms with E-state index in [1.807, 2.05) is 0 Å². The van der Waals surface area contributed by atoms with Crippen molar-refractivity contribution in [1.82, 2.24) is 10.2 Å². The SMILES string of the molecule is CCC(O)C1CC(NC2CCCC2)CN(CCN)C1. The van der Waals surface area contributed by atoms with Crippen LogP contribution in [0.5, 0.6) is 0 Å². The Kier molecular flexibility index (Phi) is 6.07. The maximum absolute atomic E-state index is 10.2. The maximum Gasteiger partial charge on any atom is 0.0578 e. The number of nitrogens with zero attached hydrogens (tertiary/aromatic N) is 1. The first kappa shape index (κ1) is 15.2. The van der Waals surface area contributed by atoms with Gasteiger partial charge in [0.2, 0.25) is 0 Å². The number of piperidine rings is 1. The fourth-order valence-corrected chi connectivity index (χ4v) is 3.76. The van der Waals surface area contributed by atoms with Crippen molar-refractivity contribution in [3.8, 4) is 0 Å². The molecular formula is C15H31N3O. The summed E-state index contributed by atoms with van der Waals surface area (Å²) in [4.78, 5) is 2.43. The van der Waals surface area contributed by atoms with Gasteiger partial charge >= 0.3 is 0 Å². The van der Waals surface area contributed by atoms with Gasteiger partial charge in [-0.25, -0.2) is 0 Å². The van der Waals surface area contributed by atoms with Gasteiger partial charge in [-0.15, -0.1) is 0 Å². The van der Waals surface area contributed by atoms with Crippen molar-refractivity contribution in [2.45, 2.75) is 63.6 Å². The highest BCUT2D eigenvalue weighted by atomic mass is 16.3. The van der Waals surface area contributed by atoms with Gasteiger partial charge in [0.1, 0.15) is 0 Å². The van der Waals surface area contributed by atoms with E-state index >= 15 is 0 Å². The molecule has 4 heteroatoms. The van der Waals surface area contributed by atoms with E-state index < -0.39 is 0 Å². The van der Waals surface area contributed by atoms with Crippen LogP contribution in [-0.2, 0) is 0 Å². The van der Waals surface area contributed by atoms with Gasteiger partial charge in [-0.2, -0.15) is 0 Å². The topological polar surface area (TPSA) is 61.5 Å². The van der Waals surface area contributed by atoms with Gasteiger partial charge in [0.15, 0.2) is 0 Å². The minimum atomic E-state index is -0.159. The summed E-state index contributed by atoms with van der Waals surface area (Å²) in [6, 6.07) is 1.25. The molecule has 1 heterocycles. The molecule has 19 heavy (non-hydrogen) atoms. The van der Waals surface area contributed by atoms with Gasteiger partial charge in [-0.05, 0) is 31.6 Å². The summed E-state index contributed by atoms with van der Waals surface area (Å²) in [7, 11) is 0. The van der Waals surface area contributed by atoms with E-state index in [-0.39, 0.29) is 6.10 Å². The molecule has 3 unspecified atom stereocenters. The average molecular weight is 269 g/mol. The Morgan fingerprint density at radius 1 is 1.26 bits per heavy atom. The van der Waals surface area contributed by atoms with E-state index in [2.05, 4.69) is 17.1 Å². The minimum Gasteiger partial charge on any atom is -0.393 e. The molecule has 1 aliphatic carbocycles. The van der Waals surface area contributed by atoms with Crippen molar-refractivity contribution in [3.63, 3.8) is 0 Å². The summed E-state index contributed by atoms with van der Waals surface area (Å²) >= 11 is 0. The Balaban J connectivity index is 1.89. The Morgan fingerprint density at radius 3 is 2.63 bits per heavy atom. The van der Waals surface area contributed by atoms with E-state index in [4.69, 9.17) is 5.73 Å². The summed E-state index contributed by atoms with van der Waals surface area (Å²) in [5.41, 5.74) is 5.70. The second-order valence-electron chi connectivity index (χ2n) is 6.36. The lowest BCUT2D eigenvalue weighted by molar-refractivity contribution is 0.0348. The third-order valence-corrected chi connectivity index (χ3v) is 4.79. The van der Waals surface area contributed by atoms with Crippen LogP contribution in [0.25, 0.3) is 0 Å². The number of rotatable bonds is 6. The summed E-state index contributed by atoms with van der Waals surface area (Å²) < 4.78 is 0. The molecule has 1 saturated carbocycles. The van der Waals surface area contributed by atoms with Crippen LogP contribution in [0.1, 0.15) is 45.4 Å². The molecule has 0 radical (unpaired) electrons. The van der Waals surface area contributed by atoms with Crippen LogP contribution in [-0.4, -0.2) is 54.4 Å². The quantitative estimate of drug-likeness (QED) is 0.671. The highest BCUT2D eigenvalue weighted by Crippen LogP contribution is 2.24. The first-order valence-corrected chi connectivity index (χ1v) is 8.09. The summed E-state index contributed by atoms with van der Waals surface area (Å²) in [6.07, 6.45) is 7.22. The second kappa shape index (κ2) is 7.58. The third kappa shape index (κ3) is 4.42. The van der Waals surface area contributed by atoms with Crippen molar-refractivity contribution in [1.29, 1.82) is 0 Å². The zero-order chi connectivity index (χ0) is 13.7. The molecule has 2 rings (SSSR count). The van der Waals surface area contributed by atoms with Crippen LogP contribution in [0.2, 0.25) is 0 Å². The highest BCUT2D eigenvalue weighted by molar-refractivity contribution is 4.89. The summed E-state index contributed by atoms with van der Waals surface area (Å²) in [5.74, 6) is 0.407. The summed E-state index contributed by atoms with van der Waals surface area (Å²) in [5, 5.41) is 14.0. The van der Waals surface area contributed by atoms with Crippen molar-refractivity contribution in [3.05, 3.63) is 0 Å². The molecule has 0 aromatic carbocycles. The number of nitrogens with two attached hydrogens (primary N) is 1. The smallest absolute Gasteiger partial charge is 0.0578 e. The molecule has 0 aromatic heterocycles. The van der Waals surface area contributed by atoms with Gasteiger partial charge in [0.25, 0.3) is 0 Å². The zero-order valence-electron chi connectivity index (χ0n) is 12.4. The van der Waals surface area contributed by atoms with Crippen LogP contribution in [0.15, 0.2) is 0 Å². The lowest BCUT2D eigenvalue weighted by Crippen LogP contribution is -2.54. The number of aliphatic hydroxyl groups is 1. The van der Waals surface area contributed by atoms with E-state index in [1.165, 1.54) is 25.7 Å². The van der Waals surface area contributed by atoms with Crippen molar-refractivity contribution in [2.24, 2.45) is 11.7 Å². The average Bonchev–Trinajstić information content (AvgIpc) is 2.90. The van der Waals surface area contributed by atoms with E-state index in [9.17, 15) is 5.11 Å². The molecule has 0 spiro atoms. The Hall–Kier alpha value is -0.160. The molecule has 0 bridgehead atoms. The fraction of sp³-hybridized carbons (Fsp3) is 1.00. The number of nitrogens with one attached hydrogen (secondary N) is 1. The van der Waals surface area contributed by atoms with Crippen LogP contribution in [0.3, 0.4) is 0 Å². The van der Waals surface area contributed by atoms with Crippen LogP contribution >= 0.6 is 0 Å². The van der Waals surface area contributed by atoms with Gasteiger partial charge in [-0.1, -0.05) is 19.8 Å². The van der Waals surface area contributed by atoms with Crippen LogP contribution in [0.4, 0.5) is 0 Å². The van der Waals surface area contributed by atoms with Crippen molar-refractivity contribution >= 4 is 0 Å². The fourth-order valence-electron chi connectivity index (χ4n) is 3.76. The number of hydrogen-bond donors (Lipinski definition) is 3. The van der Waals surface area contributed by atoms with Crippen LogP contribution in [0, 0.1) is 5.92 Å². The van der Waals surface area contributed by atoms with E-state index in [1.54, 1.807) is 0 Å². The molecular weight excluding hydrogens is 238 g/mol. The van der Waals surface area contributed by atoms with Gasteiger partial charge in [0, 0.05) is 38.3 Å². The highest BCUT2D eigenvalue weighted by Gasteiger charge is 2.31. The molecule has 0 aromatic rings. The molecule has 2 fully saturated rings. The molecule has 112 valence electrons. The Bertz CT molecular complexity index is 256. The molecule has 0 amide bonds. The predicted molar refractivity (Wildman–Crippen MR) is 79.1 cm³/mol. The molecule has 3 atom stereocenters. The number of aliphatic hydroxyl groups excluding tert-OH is 1. The lowest BCUT2D eigenvalue weighted by Gasteiger charge is -2.40. The monoisotopic (exact) mass is 269 g/mol. The van der Waals surface area contributed by atoms with Crippen molar-refractivity contribution < 1.29 is 5.11 Å². The Morgan fingerprint density at radius 2 is 2.00 bits per heavy atom. The van der Waals surface area contributed by atoms with Gasteiger partial charge < -0.3 is 21.1 Å². The molecule has 1 saturated heterocycles. The first-order chi connectivity index (χ1) is 9.22. The summed E-state index contributed by atoms with van der Waals surface area (Å²) in [6.45, 7) is 5.85. The largest absolute Gasteiger partial charge is 0.393 e. The standard InChI is InChI=1S/C15H31N3O/c1-2-15(19)12-9-14(11-18(10-12)8-7-16)17-13-5-3-4-6-13/h12-15,17,19H,2-11,16H2,1H3. The van der Waals surface area contributed by atoms with Crippen LogP contribution < -0.4 is 11.1 Å². The number of likely N-dealkylation sites (tertiary alicyclic amines) is 1. The molecule has 4 nitrogen and oxygen atoms in total. The minimum absolute atomic E-state index is 0.159. The van der Waals surface area contributed by atoms with E-state index in [0.717, 1.165) is 32.5 Å². The Labute approximate surface area is 117 Å². The molecule has 1 aliphatic heterocycles. The normalized spacial score (nSPS) is 31.7. The zero-order valence-corrected chi connectivity index (χ0v) is 12.4. The number of hydrogen-bond acceptors (Lipinski definition) is 4. The molecule has 2 aliphatic rings. The predicted octanol–water partition coefficient (Wildman–Crippen LogP) is 0.939. The maximum atomic E-state index is 10.2.